The van der Waals surface area contributed by atoms with Crippen molar-refractivity contribution in [1.82, 2.24) is 15.4 Å². The van der Waals surface area contributed by atoms with Gasteiger partial charge in [-0.25, -0.2) is 13.1 Å². The molecular formula is C20H28N4O2S. The standard InChI is InChI=1S/C20H28N4O2S/c1-17(13-14-18-9-5-3-6-10-18)24-20(21-2)22-15-16-23-27(25,26)19-11-7-4-8-12-19/h3-12,17,23H,13-16H2,1-2H3,(H2,21,22,24). The summed E-state index contributed by atoms with van der Waals surface area (Å²) in [5.74, 6) is 0.662. The highest BCUT2D eigenvalue weighted by atomic mass is 32.2. The van der Waals surface area contributed by atoms with Crippen molar-refractivity contribution >= 4 is 16.0 Å². The summed E-state index contributed by atoms with van der Waals surface area (Å²) in [6.07, 6.45) is 1.97. The number of sulfonamides is 1. The van der Waals surface area contributed by atoms with Gasteiger partial charge in [0.1, 0.15) is 0 Å². The van der Waals surface area contributed by atoms with E-state index in [0.717, 1.165) is 12.8 Å². The maximum absolute atomic E-state index is 12.2. The molecule has 3 N–H and O–H groups in total. The van der Waals surface area contributed by atoms with Gasteiger partial charge in [-0.3, -0.25) is 4.99 Å². The van der Waals surface area contributed by atoms with Crippen LogP contribution in [0.4, 0.5) is 0 Å². The zero-order chi connectivity index (χ0) is 19.5. The van der Waals surface area contributed by atoms with Crippen LogP contribution in [0.1, 0.15) is 18.9 Å². The molecule has 0 saturated carbocycles. The van der Waals surface area contributed by atoms with Gasteiger partial charge in [-0.15, -0.1) is 0 Å². The highest BCUT2D eigenvalue weighted by Crippen LogP contribution is 2.06. The number of hydrogen-bond acceptors (Lipinski definition) is 3. The maximum Gasteiger partial charge on any atom is 0.240 e. The molecule has 0 saturated heterocycles. The molecule has 0 radical (unpaired) electrons. The zero-order valence-electron chi connectivity index (χ0n) is 15.9. The lowest BCUT2D eigenvalue weighted by atomic mass is 10.1. The fraction of sp³-hybridized carbons (Fsp3) is 0.350. The van der Waals surface area contributed by atoms with E-state index in [1.807, 2.05) is 18.2 Å². The van der Waals surface area contributed by atoms with Gasteiger partial charge >= 0.3 is 0 Å². The Balaban J connectivity index is 1.70. The minimum absolute atomic E-state index is 0.248. The molecule has 0 amide bonds. The van der Waals surface area contributed by atoms with Crippen LogP contribution in [0.2, 0.25) is 0 Å². The summed E-state index contributed by atoms with van der Waals surface area (Å²) in [6.45, 7) is 2.82. The van der Waals surface area contributed by atoms with Crippen LogP contribution in [0.25, 0.3) is 0 Å². The Kier molecular flexibility index (Phi) is 8.29. The third-order valence-corrected chi connectivity index (χ3v) is 5.56. The van der Waals surface area contributed by atoms with Gasteiger partial charge in [-0.1, -0.05) is 48.5 Å². The van der Waals surface area contributed by atoms with E-state index >= 15 is 0 Å². The van der Waals surface area contributed by atoms with Gasteiger partial charge in [-0.05, 0) is 37.5 Å². The highest BCUT2D eigenvalue weighted by molar-refractivity contribution is 7.89. The Morgan fingerprint density at radius 1 is 1.00 bits per heavy atom. The minimum atomic E-state index is -3.48. The number of aryl methyl sites for hydroxylation is 1. The van der Waals surface area contributed by atoms with E-state index < -0.39 is 10.0 Å². The Morgan fingerprint density at radius 3 is 2.26 bits per heavy atom. The van der Waals surface area contributed by atoms with Gasteiger partial charge in [0.05, 0.1) is 4.90 Å². The SMILES string of the molecule is CN=C(NCCNS(=O)(=O)c1ccccc1)NC(C)CCc1ccccc1. The van der Waals surface area contributed by atoms with E-state index in [4.69, 9.17) is 0 Å². The number of benzene rings is 2. The van der Waals surface area contributed by atoms with Crippen LogP contribution in [0.3, 0.4) is 0 Å². The number of nitrogens with zero attached hydrogens (tertiary/aromatic N) is 1. The highest BCUT2D eigenvalue weighted by Gasteiger charge is 2.12. The van der Waals surface area contributed by atoms with Crippen molar-refractivity contribution in [2.45, 2.75) is 30.7 Å². The molecule has 0 aliphatic rings. The van der Waals surface area contributed by atoms with E-state index in [0.29, 0.717) is 12.5 Å². The predicted molar refractivity (Wildman–Crippen MR) is 110 cm³/mol. The molecule has 0 fully saturated rings. The van der Waals surface area contributed by atoms with Crippen LogP contribution in [0.15, 0.2) is 70.6 Å². The second kappa shape index (κ2) is 10.7. The normalized spacial score (nSPS) is 13.2. The van der Waals surface area contributed by atoms with Crippen molar-refractivity contribution in [3.8, 4) is 0 Å². The van der Waals surface area contributed by atoms with Crippen LogP contribution < -0.4 is 15.4 Å². The van der Waals surface area contributed by atoms with Crippen molar-refractivity contribution in [3.63, 3.8) is 0 Å². The number of hydrogen-bond donors (Lipinski definition) is 3. The third kappa shape index (κ3) is 7.40. The van der Waals surface area contributed by atoms with Crippen LogP contribution in [-0.2, 0) is 16.4 Å². The van der Waals surface area contributed by atoms with Crippen molar-refractivity contribution in [1.29, 1.82) is 0 Å². The van der Waals surface area contributed by atoms with Gasteiger partial charge in [0, 0.05) is 26.2 Å². The van der Waals surface area contributed by atoms with Crippen molar-refractivity contribution in [2.75, 3.05) is 20.1 Å². The average molecular weight is 389 g/mol. The van der Waals surface area contributed by atoms with Crippen molar-refractivity contribution in [3.05, 3.63) is 66.2 Å². The van der Waals surface area contributed by atoms with E-state index in [2.05, 4.69) is 39.4 Å². The molecule has 0 aliphatic heterocycles. The van der Waals surface area contributed by atoms with Gasteiger partial charge < -0.3 is 10.6 Å². The summed E-state index contributed by atoms with van der Waals surface area (Å²) in [5.41, 5.74) is 1.31. The molecule has 0 aromatic heterocycles. The first kappa shape index (κ1) is 20.9. The van der Waals surface area contributed by atoms with Gasteiger partial charge in [0.15, 0.2) is 5.96 Å². The lowest BCUT2D eigenvalue weighted by Gasteiger charge is -2.18. The topological polar surface area (TPSA) is 82.6 Å². The van der Waals surface area contributed by atoms with Gasteiger partial charge in [-0.2, -0.15) is 0 Å². The molecule has 2 aromatic carbocycles. The lowest BCUT2D eigenvalue weighted by molar-refractivity contribution is 0.577. The quantitative estimate of drug-likeness (QED) is 0.349. The van der Waals surface area contributed by atoms with Crippen molar-refractivity contribution < 1.29 is 8.42 Å². The van der Waals surface area contributed by atoms with E-state index in [9.17, 15) is 8.42 Å². The molecule has 0 heterocycles. The lowest BCUT2D eigenvalue weighted by Crippen LogP contribution is -2.44. The Labute approximate surface area is 162 Å². The van der Waals surface area contributed by atoms with E-state index in [1.165, 1.54) is 5.56 Å². The summed E-state index contributed by atoms with van der Waals surface area (Å²) >= 11 is 0. The second-order valence-electron chi connectivity index (χ2n) is 6.28. The fourth-order valence-electron chi connectivity index (χ4n) is 2.58. The number of nitrogens with one attached hydrogen (secondary N) is 3. The van der Waals surface area contributed by atoms with Crippen molar-refractivity contribution in [2.24, 2.45) is 4.99 Å². The molecule has 0 bridgehead atoms. The molecule has 0 aliphatic carbocycles. The molecule has 1 atom stereocenters. The molecule has 6 nitrogen and oxygen atoms in total. The molecular weight excluding hydrogens is 360 g/mol. The summed E-state index contributed by atoms with van der Waals surface area (Å²) in [4.78, 5) is 4.46. The Bertz CT molecular complexity index is 808. The van der Waals surface area contributed by atoms with E-state index in [-0.39, 0.29) is 17.5 Å². The zero-order valence-corrected chi connectivity index (χ0v) is 16.7. The Morgan fingerprint density at radius 2 is 1.63 bits per heavy atom. The van der Waals surface area contributed by atoms with Crippen LogP contribution in [0, 0.1) is 0 Å². The monoisotopic (exact) mass is 388 g/mol. The van der Waals surface area contributed by atoms with Crippen LogP contribution in [-0.4, -0.2) is 40.6 Å². The number of rotatable bonds is 9. The number of aliphatic imine (C=N–C) groups is 1. The van der Waals surface area contributed by atoms with Crippen LogP contribution >= 0.6 is 0 Å². The molecule has 0 spiro atoms. The molecule has 146 valence electrons. The molecule has 1 unspecified atom stereocenters. The largest absolute Gasteiger partial charge is 0.355 e. The molecule has 2 rings (SSSR count). The second-order valence-corrected chi connectivity index (χ2v) is 8.05. The fourth-order valence-corrected chi connectivity index (χ4v) is 3.63. The van der Waals surface area contributed by atoms with Gasteiger partial charge in [0.25, 0.3) is 0 Å². The first-order valence-electron chi connectivity index (χ1n) is 9.07. The molecule has 27 heavy (non-hydrogen) atoms. The predicted octanol–water partition coefficient (Wildman–Crippen LogP) is 2.15. The third-order valence-electron chi connectivity index (χ3n) is 4.08. The smallest absolute Gasteiger partial charge is 0.240 e. The number of guanidine groups is 1. The van der Waals surface area contributed by atoms with Crippen LogP contribution in [0.5, 0.6) is 0 Å². The average Bonchev–Trinajstić information content (AvgIpc) is 2.70. The molecule has 7 heteroatoms. The minimum Gasteiger partial charge on any atom is -0.355 e. The Hall–Kier alpha value is -2.38. The van der Waals surface area contributed by atoms with E-state index in [1.54, 1.807) is 37.4 Å². The maximum atomic E-state index is 12.2. The summed E-state index contributed by atoms with van der Waals surface area (Å²) in [6, 6.07) is 18.9. The summed E-state index contributed by atoms with van der Waals surface area (Å²) in [7, 11) is -1.78. The van der Waals surface area contributed by atoms with Gasteiger partial charge in [0.2, 0.25) is 10.0 Å². The first-order chi connectivity index (χ1) is 13.0. The molecule has 2 aromatic rings. The first-order valence-corrected chi connectivity index (χ1v) is 10.6. The summed E-state index contributed by atoms with van der Waals surface area (Å²) < 4.78 is 26.9. The summed E-state index contributed by atoms with van der Waals surface area (Å²) in [5, 5.41) is 6.46.